The number of rotatable bonds is 5. The molecule has 0 spiro atoms. The summed E-state index contributed by atoms with van der Waals surface area (Å²) in [7, 11) is 0. The highest BCUT2D eigenvalue weighted by Gasteiger charge is 2.03. The highest BCUT2D eigenvalue weighted by molar-refractivity contribution is 5.94. The van der Waals surface area contributed by atoms with Gasteiger partial charge in [-0.1, -0.05) is 6.07 Å². The quantitative estimate of drug-likeness (QED) is 0.793. The van der Waals surface area contributed by atoms with Crippen LogP contribution in [0.3, 0.4) is 0 Å². The van der Waals surface area contributed by atoms with Gasteiger partial charge in [-0.25, -0.2) is 0 Å². The van der Waals surface area contributed by atoms with Crippen molar-refractivity contribution in [2.24, 2.45) is 0 Å². The van der Waals surface area contributed by atoms with Crippen molar-refractivity contribution in [3.05, 3.63) is 53.6 Å². The molecule has 5 heteroatoms. The van der Waals surface area contributed by atoms with E-state index >= 15 is 0 Å². The lowest BCUT2D eigenvalue weighted by molar-refractivity contribution is -0.115. The lowest BCUT2D eigenvalue weighted by Gasteiger charge is -2.10. The summed E-state index contributed by atoms with van der Waals surface area (Å²) in [5, 5.41) is 8.58. The second kappa shape index (κ2) is 7.45. The maximum atomic E-state index is 12.0. The summed E-state index contributed by atoms with van der Waals surface area (Å²) in [6.45, 7) is 5.73. The van der Waals surface area contributed by atoms with Crippen LogP contribution in [0, 0.1) is 13.8 Å². The fourth-order valence-corrected chi connectivity index (χ4v) is 2.08. The smallest absolute Gasteiger partial charge is 0.243 e. The minimum Gasteiger partial charge on any atom is -0.376 e. The predicted molar refractivity (Wildman–Crippen MR) is 93.8 cm³/mol. The van der Waals surface area contributed by atoms with Crippen LogP contribution in [0.5, 0.6) is 0 Å². The number of nitrogens with one attached hydrogen (secondary N) is 3. The number of hydrogen-bond donors (Lipinski definition) is 3. The van der Waals surface area contributed by atoms with Crippen LogP contribution in [0.15, 0.2) is 42.5 Å². The third-order valence-corrected chi connectivity index (χ3v) is 3.45. The molecule has 0 atom stereocenters. The second-order valence-electron chi connectivity index (χ2n) is 5.46. The molecule has 0 saturated carbocycles. The summed E-state index contributed by atoms with van der Waals surface area (Å²) in [4.78, 5) is 22.9. The van der Waals surface area contributed by atoms with Gasteiger partial charge in [0.25, 0.3) is 0 Å². The van der Waals surface area contributed by atoms with Crippen LogP contribution >= 0.6 is 0 Å². The Labute approximate surface area is 136 Å². The van der Waals surface area contributed by atoms with E-state index in [0.717, 1.165) is 5.69 Å². The number of carbonyl (C=O) groups is 2. The van der Waals surface area contributed by atoms with Gasteiger partial charge < -0.3 is 16.0 Å². The van der Waals surface area contributed by atoms with E-state index in [-0.39, 0.29) is 18.4 Å². The van der Waals surface area contributed by atoms with Crippen LogP contribution in [0.25, 0.3) is 0 Å². The minimum atomic E-state index is -0.129. The van der Waals surface area contributed by atoms with Gasteiger partial charge in [-0.3, -0.25) is 9.59 Å². The summed E-state index contributed by atoms with van der Waals surface area (Å²) in [5.41, 5.74) is 4.71. The van der Waals surface area contributed by atoms with Gasteiger partial charge >= 0.3 is 0 Å². The number of aryl methyl sites for hydroxylation is 2. The molecule has 2 amide bonds. The number of hydrogen-bond acceptors (Lipinski definition) is 3. The Morgan fingerprint density at radius 1 is 0.826 bits per heavy atom. The van der Waals surface area contributed by atoms with Crippen LogP contribution in [0.1, 0.15) is 18.1 Å². The molecule has 0 bridgehead atoms. The Balaban J connectivity index is 1.86. The highest BCUT2D eigenvalue weighted by Crippen LogP contribution is 2.15. The van der Waals surface area contributed by atoms with E-state index in [1.807, 2.05) is 25.1 Å². The third kappa shape index (κ3) is 5.14. The van der Waals surface area contributed by atoms with Crippen molar-refractivity contribution in [1.29, 1.82) is 0 Å². The molecule has 0 aliphatic heterocycles. The standard InChI is InChI=1S/C18H21N3O2/c1-12-4-5-17(10-13(12)2)19-11-18(23)21-16-8-6-15(7-9-16)20-14(3)22/h4-10,19H,11H2,1-3H3,(H,20,22)(H,21,23). The Morgan fingerprint density at radius 2 is 1.39 bits per heavy atom. The average Bonchev–Trinajstić information content (AvgIpc) is 2.50. The summed E-state index contributed by atoms with van der Waals surface area (Å²) in [6, 6.07) is 13.0. The maximum Gasteiger partial charge on any atom is 0.243 e. The molecule has 0 aliphatic rings. The molecule has 0 fully saturated rings. The Morgan fingerprint density at radius 3 is 1.96 bits per heavy atom. The van der Waals surface area contributed by atoms with Crippen molar-refractivity contribution in [2.75, 3.05) is 22.5 Å². The van der Waals surface area contributed by atoms with Crippen molar-refractivity contribution in [2.45, 2.75) is 20.8 Å². The molecule has 5 nitrogen and oxygen atoms in total. The van der Waals surface area contributed by atoms with Crippen molar-refractivity contribution in [3.63, 3.8) is 0 Å². The van der Waals surface area contributed by atoms with Gasteiger partial charge in [0.1, 0.15) is 0 Å². The van der Waals surface area contributed by atoms with E-state index in [1.165, 1.54) is 18.1 Å². The average molecular weight is 311 g/mol. The zero-order valence-electron chi connectivity index (χ0n) is 13.6. The number of amides is 2. The summed E-state index contributed by atoms with van der Waals surface area (Å²) >= 11 is 0. The highest BCUT2D eigenvalue weighted by atomic mass is 16.2. The zero-order valence-corrected chi connectivity index (χ0v) is 13.6. The fourth-order valence-electron chi connectivity index (χ4n) is 2.08. The molecule has 23 heavy (non-hydrogen) atoms. The van der Waals surface area contributed by atoms with E-state index < -0.39 is 0 Å². The van der Waals surface area contributed by atoms with Gasteiger partial charge in [0, 0.05) is 24.0 Å². The van der Waals surface area contributed by atoms with Crippen molar-refractivity contribution >= 4 is 28.9 Å². The van der Waals surface area contributed by atoms with Crippen molar-refractivity contribution in [3.8, 4) is 0 Å². The molecular formula is C18H21N3O2. The number of anilines is 3. The molecule has 0 saturated heterocycles. The Kier molecular flexibility index (Phi) is 5.36. The van der Waals surface area contributed by atoms with Crippen LogP contribution in [0.2, 0.25) is 0 Å². The fraction of sp³-hybridized carbons (Fsp3) is 0.222. The van der Waals surface area contributed by atoms with E-state index in [2.05, 4.69) is 22.9 Å². The normalized spacial score (nSPS) is 10.0. The molecule has 0 radical (unpaired) electrons. The summed E-state index contributed by atoms with van der Waals surface area (Å²) < 4.78 is 0. The first kappa shape index (κ1) is 16.5. The van der Waals surface area contributed by atoms with Crippen LogP contribution < -0.4 is 16.0 Å². The number of carbonyl (C=O) groups excluding carboxylic acids is 2. The largest absolute Gasteiger partial charge is 0.376 e. The van der Waals surface area contributed by atoms with E-state index in [9.17, 15) is 9.59 Å². The molecule has 2 rings (SSSR count). The third-order valence-electron chi connectivity index (χ3n) is 3.45. The van der Waals surface area contributed by atoms with Crippen LogP contribution in [0.4, 0.5) is 17.1 Å². The Bertz CT molecular complexity index is 709. The van der Waals surface area contributed by atoms with Gasteiger partial charge in [-0.05, 0) is 61.4 Å². The molecule has 0 aromatic heterocycles. The molecule has 0 aliphatic carbocycles. The topological polar surface area (TPSA) is 70.2 Å². The lowest BCUT2D eigenvalue weighted by atomic mass is 10.1. The van der Waals surface area contributed by atoms with Gasteiger partial charge in [0.2, 0.25) is 11.8 Å². The molecule has 3 N–H and O–H groups in total. The van der Waals surface area contributed by atoms with Gasteiger partial charge in [0.15, 0.2) is 0 Å². The SMILES string of the molecule is CC(=O)Nc1ccc(NC(=O)CNc2ccc(C)c(C)c2)cc1. The van der Waals surface area contributed by atoms with Gasteiger partial charge in [0.05, 0.1) is 6.54 Å². The van der Waals surface area contributed by atoms with E-state index in [1.54, 1.807) is 24.3 Å². The van der Waals surface area contributed by atoms with Gasteiger partial charge in [-0.15, -0.1) is 0 Å². The first-order valence-corrected chi connectivity index (χ1v) is 7.42. The second-order valence-corrected chi connectivity index (χ2v) is 5.46. The lowest BCUT2D eigenvalue weighted by Crippen LogP contribution is -2.21. The molecule has 2 aromatic carbocycles. The van der Waals surface area contributed by atoms with Crippen molar-refractivity contribution in [1.82, 2.24) is 0 Å². The molecular weight excluding hydrogens is 290 g/mol. The molecule has 120 valence electrons. The van der Waals surface area contributed by atoms with Crippen molar-refractivity contribution < 1.29 is 9.59 Å². The first-order chi connectivity index (χ1) is 10.9. The first-order valence-electron chi connectivity index (χ1n) is 7.42. The summed E-state index contributed by atoms with van der Waals surface area (Å²) in [5.74, 6) is -0.255. The van der Waals surface area contributed by atoms with Crippen LogP contribution in [-0.4, -0.2) is 18.4 Å². The molecule has 2 aromatic rings. The minimum absolute atomic E-state index is 0.126. The molecule has 0 unspecified atom stereocenters. The maximum absolute atomic E-state index is 12.0. The summed E-state index contributed by atoms with van der Waals surface area (Å²) in [6.07, 6.45) is 0. The van der Waals surface area contributed by atoms with E-state index in [0.29, 0.717) is 11.4 Å². The van der Waals surface area contributed by atoms with Crippen LogP contribution in [-0.2, 0) is 9.59 Å². The monoisotopic (exact) mass is 311 g/mol. The molecule has 0 heterocycles. The number of benzene rings is 2. The van der Waals surface area contributed by atoms with Gasteiger partial charge in [-0.2, -0.15) is 0 Å². The Hall–Kier alpha value is -2.82. The van der Waals surface area contributed by atoms with E-state index in [4.69, 9.17) is 0 Å². The predicted octanol–water partition coefficient (Wildman–Crippen LogP) is 3.31. The zero-order chi connectivity index (χ0) is 16.8.